The molecule has 1 rings (SSSR count). The molecule has 1 aliphatic heterocycles. The average Bonchev–Trinajstić information content (AvgIpc) is 2.36. The number of Topliss-reactive ketones (excluding diaryl/α,β-unsaturated/α-hetero) is 1. The summed E-state index contributed by atoms with van der Waals surface area (Å²) in [4.78, 5) is 11.2. The molecule has 4 heteroatoms. The molecule has 1 fully saturated rings. The number of nitrogens with two attached hydrogens (primary N) is 1. The van der Waals surface area contributed by atoms with E-state index in [1.54, 1.807) is 0 Å². The molecular formula is C7H13NO3. The van der Waals surface area contributed by atoms with Gasteiger partial charge in [0.15, 0.2) is 5.78 Å². The van der Waals surface area contributed by atoms with Crippen LogP contribution in [0.1, 0.15) is 0 Å². The minimum Gasteiger partial charge on any atom is -0.379 e. The Morgan fingerprint density at radius 1 is 1.73 bits per heavy atom. The normalized spacial score (nSPS) is 30.7. The lowest BCUT2D eigenvalue weighted by Gasteiger charge is -2.10. The number of hydrogen-bond acceptors (Lipinski definition) is 4. The maximum Gasteiger partial charge on any atom is 0.165 e. The minimum absolute atomic E-state index is 0.0394. The molecule has 1 heterocycles. The van der Waals surface area contributed by atoms with Crippen molar-refractivity contribution in [2.24, 2.45) is 11.7 Å². The lowest BCUT2D eigenvalue weighted by molar-refractivity contribution is -0.126. The van der Waals surface area contributed by atoms with E-state index in [9.17, 15) is 4.79 Å². The first kappa shape index (κ1) is 8.64. The molecule has 2 N–H and O–H groups in total. The molecular weight excluding hydrogens is 146 g/mol. The zero-order chi connectivity index (χ0) is 8.27. The van der Waals surface area contributed by atoms with E-state index < -0.39 is 0 Å². The molecule has 2 unspecified atom stereocenters. The molecule has 0 aromatic rings. The highest BCUT2D eigenvalue weighted by Crippen LogP contribution is 2.12. The van der Waals surface area contributed by atoms with Crippen LogP contribution in [0.25, 0.3) is 0 Å². The van der Waals surface area contributed by atoms with Gasteiger partial charge in [0.05, 0.1) is 19.1 Å². The van der Waals surface area contributed by atoms with Crippen molar-refractivity contribution in [3.63, 3.8) is 0 Å². The number of carbonyl (C=O) groups is 1. The first-order valence-corrected chi connectivity index (χ1v) is 3.60. The third-order valence-electron chi connectivity index (χ3n) is 1.82. The van der Waals surface area contributed by atoms with Crippen LogP contribution in [0.3, 0.4) is 0 Å². The highest BCUT2D eigenvalue weighted by atomic mass is 16.5. The molecule has 1 aliphatic rings. The average molecular weight is 159 g/mol. The van der Waals surface area contributed by atoms with E-state index in [-0.39, 0.29) is 24.3 Å². The summed E-state index contributed by atoms with van der Waals surface area (Å²) in [7, 11) is 1.50. The van der Waals surface area contributed by atoms with Crippen LogP contribution in [0.5, 0.6) is 0 Å². The topological polar surface area (TPSA) is 61.5 Å². The number of ether oxygens (including phenoxy) is 2. The highest BCUT2D eigenvalue weighted by molar-refractivity contribution is 5.83. The third-order valence-corrected chi connectivity index (χ3v) is 1.82. The molecule has 11 heavy (non-hydrogen) atoms. The Kier molecular flexibility index (Phi) is 2.99. The Bertz CT molecular complexity index is 149. The number of ketones is 1. The molecule has 0 aromatic carbocycles. The highest BCUT2D eigenvalue weighted by Gasteiger charge is 2.30. The molecule has 0 aliphatic carbocycles. The summed E-state index contributed by atoms with van der Waals surface area (Å²) in [6.45, 7) is 1.07. The molecule has 0 bridgehead atoms. The monoisotopic (exact) mass is 159 g/mol. The SMILES string of the molecule is COCC(=O)C1COCC1N. The standard InChI is InChI=1S/C7H13NO3/c1-10-4-7(9)5-2-11-3-6(5)8/h5-6H,2-4,8H2,1H3. The predicted molar refractivity (Wildman–Crippen MR) is 39.2 cm³/mol. The van der Waals surface area contributed by atoms with Crippen LogP contribution in [0.4, 0.5) is 0 Å². The Morgan fingerprint density at radius 2 is 2.45 bits per heavy atom. The van der Waals surface area contributed by atoms with Crippen molar-refractivity contribution < 1.29 is 14.3 Å². The van der Waals surface area contributed by atoms with E-state index in [2.05, 4.69) is 0 Å². The quantitative estimate of drug-likeness (QED) is 0.584. The van der Waals surface area contributed by atoms with E-state index in [4.69, 9.17) is 15.2 Å². The summed E-state index contributed by atoms with van der Waals surface area (Å²) in [6.07, 6.45) is 0. The van der Waals surface area contributed by atoms with Crippen LogP contribution < -0.4 is 5.73 Å². The third kappa shape index (κ3) is 1.99. The van der Waals surface area contributed by atoms with E-state index in [0.29, 0.717) is 13.2 Å². The van der Waals surface area contributed by atoms with Crippen molar-refractivity contribution in [2.75, 3.05) is 26.9 Å². The van der Waals surface area contributed by atoms with Crippen LogP contribution in [-0.4, -0.2) is 38.8 Å². The maximum atomic E-state index is 11.2. The van der Waals surface area contributed by atoms with E-state index in [1.165, 1.54) is 7.11 Å². The molecule has 0 aromatic heterocycles. The zero-order valence-electron chi connectivity index (χ0n) is 6.58. The fourth-order valence-corrected chi connectivity index (χ4v) is 1.15. The molecule has 0 spiro atoms. The largest absolute Gasteiger partial charge is 0.379 e. The maximum absolute atomic E-state index is 11.2. The van der Waals surface area contributed by atoms with Crippen LogP contribution in [0.15, 0.2) is 0 Å². The van der Waals surface area contributed by atoms with Gasteiger partial charge in [0.1, 0.15) is 6.61 Å². The van der Waals surface area contributed by atoms with Gasteiger partial charge in [0.25, 0.3) is 0 Å². The van der Waals surface area contributed by atoms with Gasteiger partial charge >= 0.3 is 0 Å². The Morgan fingerprint density at radius 3 is 2.91 bits per heavy atom. The van der Waals surface area contributed by atoms with E-state index in [1.807, 2.05) is 0 Å². The van der Waals surface area contributed by atoms with Gasteiger partial charge in [-0.05, 0) is 0 Å². The molecule has 1 saturated heterocycles. The summed E-state index contributed by atoms with van der Waals surface area (Å²) in [5.74, 6) is -0.118. The number of hydrogen-bond donors (Lipinski definition) is 1. The van der Waals surface area contributed by atoms with E-state index >= 15 is 0 Å². The molecule has 0 radical (unpaired) electrons. The number of carbonyl (C=O) groups excluding carboxylic acids is 1. The molecule has 64 valence electrons. The van der Waals surface area contributed by atoms with Crippen molar-refractivity contribution in [1.29, 1.82) is 0 Å². The Balaban J connectivity index is 2.39. The summed E-state index contributed by atoms with van der Waals surface area (Å²) in [5, 5.41) is 0. The van der Waals surface area contributed by atoms with Crippen molar-refractivity contribution >= 4 is 5.78 Å². The molecule has 0 amide bonds. The smallest absolute Gasteiger partial charge is 0.165 e. The van der Waals surface area contributed by atoms with Gasteiger partial charge < -0.3 is 15.2 Å². The fourth-order valence-electron chi connectivity index (χ4n) is 1.15. The molecule has 2 atom stereocenters. The fraction of sp³-hybridized carbons (Fsp3) is 0.857. The first-order valence-electron chi connectivity index (χ1n) is 3.60. The van der Waals surface area contributed by atoms with Crippen LogP contribution in [-0.2, 0) is 14.3 Å². The lowest BCUT2D eigenvalue weighted by atomic mass is 10.00. The van der Waals surface area contributed by atoms with Crippen LogP contribution in [0, 0.1) is 5.92 Å². The number of methoxy groups -OCH3 is 1. The van der Waals surface area contributed by atoms with Gasteiger partial charge in [-0.3, -0.25) is 4.79 Å². The summed E-state index contributed by atoms with van der Waals surface area (Å²) in [5.41, 5.74) is 5.61. The molecule has 4 nitrogen and oxygen atoms in total. The lowest BCUT2D eigenvalue weighted by Crippen LogP contribution is -2.35. The van der Waals surface area contributed by atoms with Crippen molar-refractivity contribution in [3.05, 3.63) is 0 Å². The summed E-state index contributed by atoms with van der Waals surface area (Å²) < 4.78 is 9.74. The van der Waals surface area contributed by atoms with E-state index in [0.717, 1.165) is 0 Å². The van der Waals surface area contributed by atoms with Crippen molar-refractivity contribution in [2.45, 2.75) is 6.04 Å². The van der Waals surface area contributed by atoms with Gasteiger partial charge in [-0.2, -0.15) is 0 Å². The summed E-state index contributed by atoms with van der Waals surface area (Å²) in [6, 6.07) is -0.141. The Labute approximate surface area is 65.7 Å². The Hall–Kier alpha value is -0.450. The second-order valence-electron chi connectivity index (χ2n) is 2.71. The zero-order valence-corrected chi connectivity index (χ0v) is 6.58. The summed E-state index contributed by atoms with van der Waals surface area (Å²) >= 11 is 0. The van der Waals surface area contributed by atoms with Gasteiger partial charge in [0, 0.05) is 13.2 Å². The van der Waals surface area contributed by atoms with Gasteiger partial charge in [-0.15, -0.1) is 0 Å². The first-order chi connectivity index (χ1) is 5.25. The van der Waals surface area contributed by atoms with Crippen LogP contribution in [0.2, 0.25) is 0 Å². The van der Waals surface area contributed by atoms with Gasteiger partial charge in [-0.1, -0.05) is 0 Å². The second kappa shape index (κ2) is 3.80. The van der Waals surface area contributed by atoms with Gasteiger partial charge in [0.2, 0.25) is 0 Å². The van der Waals surface area contributed by atoms with Gasteiger partial charge in [-0.25, -0.2) is 0 Å². The van der Waals surface area contributed by atoms with Crippen molar-refractivity contribution in [3.8, 4) is 0 Å². The second-order valence-corrected chi connectivity index (χ2v) is 2.71. The number of rotatable bonds is 3. The predicted octanol–water partition coefficient (Wildman–Crippen LogP) is -0.824. The molecule has 0 saturated carbocycles. The van der Waals surface area contributed by atoms with Crippen LogP contribution >= 0.6 is 0 Å². The van der Waals surface area contributed by atoms with Crippen molar-refractivity contribution in [1.82, 2.24) is 0 Å². The minimum atomic E-state index is -0.157.